The lowest BCUT2D eigenvalue weighted by molar-refractivity contribution is 0.395. The number of rotatable bonds is 6. The summed E-state index contributed by atoms with van der Waals surface area (Å²) >= 11 is 0. The predicted molar refractivity (Wildman–Crippen MR) is 66.8 cm³/mol. The molecule has 0 unspecified atom stereocenters. The zero-order chi connectivity index (χ0) is 12.0. The Bertz CT molecular complexity index is 324. The van der Waals surface area contributed by atoms with Crippen molar-refractivity contribution in [3.05, 3.63) is 23.4 Å². The summed E-state index contributed by atoms with van der Waals surface area (Å²) in [5.41, 5.74) is 2.35. The summed E-state index contributed by atoms with van der Waals surface area (Å²) in [6, 6.07) is 4.64. The van der Waals surface area contributed by atoms with E-state index >= 15 is 0 Å². The third-order valence-electron chi connectivity index (χ3n) is 2.34. The summed E-state index contributed by atoms with van der Waals surface area (Å²) in [5.74, 6) is 0.714. The Kier molecular flexibility index (Phi) is 5.26. The van der Waals surface area contributed by atoms with E-state index < -0.39 is 0 Å². The molecule has 0 bridgehead atoms. The minimum atomic E-state index is 0.494. The van der Waals surface area contributed by atoms with E-state index in [1.807, 2.05) is 6.07 Å². The van der Waals surface area contributed by atoms with E-state index in [9.17, 15) is 0 Å². The molecule has 90 valence electrons. The molecule has 0 atom stereocenters. The maximum absolute atomic E-state index is 5.21. The van der Waals surface area contributed by atoms with Gasteiger partial charge in [0.15, 0.2) is 0 Å². The second kappa shape index (κ2) is 6.48. The molecular formula is C13H22N2O. The van der Waals surface area contributed by atoms with Crippen molar-refractivity contribution in [3.63, 3.8) is 0 Å². The monoisotopic (exact) mass is 222 g/mol. The van der Waals surface area contributed by atoms with Crippen LogP contribution in [0.15, 0.2) is 12.1 Å². The number of aromatic nitrogens is 1. The van der Waals surface area contributed by atoms with E-state index in [4.69, 9.17) is 4.74 Å². The van der Waals surface area contributed by atoms with Gasteiger partial charge in [-0.3, -0.25) is 0 Å². The van der Waals surface area contributed by atoms with Crippen molar-refractivity contribution < 1.29 is 4.74 Å². The standard InChI is InChI=1S/C13H22N2O/c1-5-6-12-7-11(9-14-10(2)3)8-13(15-12)16-4/h7-8,10,14H,5-6,9H2,1-4H3. The second-order valence-corrected chi connectivity index (χ2v) is 4.29. The number of nitrogens with one attached hydrogen (secondary N) is 1. The number of nitrogens with zero attached hydrogens (tertiary/aromatic N) is 1. The molecular weight excluding hydrogens is 200 g/mol. The number of aryl methyl sites for hydroxylation is 1. The van der Waals surface area contributed by atoms with Crippen molar-refractivity contribution in [3.8, 4) is 5.88 Å². The molecule has 16 heavy (non-hydrogen) atoms. The first-order valence-corrected chi connectivity index (χ1v) is 5.93. The number of ether oxygens (including phenoxy) is 1. The molecule has 0 aliphatic carbocycles. The Labute approximate surface area is 98.2 Å². The van der Waals surface area contributed by atoms with Gasteiger partial charge in [0.05, 0.1) is 7.11 Å². The van der Waals surface area contributed by atoms with Gasteiger partial charge in [-0.15, -0.1) is 0 Å². The second-order valence-electron chi connectivity index (χ2n) is 4.29. The molecule has 3 heteroatoms. The minimum Gasteiger partial charge on any atom is -0.481 e. The van der Waals surface area contributed by atoms with Gasteiger partial charge in [0.2, 0.25) is 5.88 Å². The molecule has 1 N–H and O–H groups in total. The molecule has 1 aromatic heterocycles. The van der Waals surface area contributed by atoms with Crippen molar-refractivity contribution in [1.82, 2.24) is 10.3 Å². The van der Waals surface area contributed by atoms with Gasteiger partial charge < -0.3 is 10.1 Å². The Hall–Kier alpha value is -1.09. The largest absolute Gasteiger partial charge is 0.481 e. The van der Waals surface area contributed by atoms with Crippen LogP contribution in [0.4, 0.5) is 0 Å². The smallest absolute Gasteiger partial charge is 0.213 e. The molecule has 1 heterocycles. The summed E-state index contributed by atoms with van der Waals surface area (Å²) in [6.07, 6.45) is 2.11. The van der Waals surface area contributed by atoms with Crippen LogP contribution in [0.1, 0.15) is 38.4 Å². The van der Waals surface area contributed by atoms with Crippen LogP contribution >= 0.6 is 0 Å². The number of hydrogen-bond donors (Lipinski definition) is 1. The van der Waals surface area contributed by atoms with Crippen molar-refractivity contribution in [2.75, 3.05) is 7.11 Å². The van der Waals surface area contributed by atoms with Crippen molar-refractivity contribution in [2.45, 2.75) is 46.2 Å². The SMILES string of the molecule is CCCc1cc(CNC(C)C)cc(OC)n1. The van der Waals surface area contributed by atoms with Crippen molar-refractivity contribution in [1.29, 1.82) is 0 Å². The summed E-state index contributed by atoms with van der Waals surface area (Å²) < 4.78 is 5.21. The van der Waals surface area contributed by atoms with E-state index in [2.05, 4.69) is 37.1 Å². The molecule has 0 aliphatic heterocycles. The van der Waals surface area contributed by atoms with Crippen LogP contribution < -0.4 is 10.1 Å². The molecule has 0 aromatic carbocycles. The third kappa shape index (κ3) is 4.19. The first-order chi connectivity index (χ1) is 7.65. The van der Waals surface area contributed by atoms with Gasteiger partial charge in [0.1, 0.15) is 0 Å². The molecule has 0 radical (unpaired) electrons. The fourth-order valence-electron chi connectivity index (χ4n) is 1.53. The van der Waals surface area contributed by atoms with E-state index in [0.717, 1.165) is 25.1 Å². The van der Waals surface area contributed by atoms with Crippen LogP contribution in [-0.2, 0) is 13.0 Å². The van der Waals surface area contributed by atoms with Crippen LogP contribution in [0.3, 0.4) is 0 Å². The van der Waals surface area contributed by atoms with E-state index in [0.29, 0.717) is 11.9 Å². The number of hydrogen-bond acceptors (Lipinski definition) is 3. The lowest BCUT2D eigenvalue weighted by atomic mass is 10.1. The quantitative estimate of drug-likeness (QED) is 0.803. The van der Waals surface area contributed by atoms with Gasteiger partial charge in [0.25, 0.3) is 0 Å². The summed E-state index contributed by atoms with van der Waals surface area (Å²) in [4.78, 5) is 4.42. The first-order valence-electron chi connectivity index (χ1n) is 5.93. The number of pyridine rings is 1. The summed E-state index contributed by atoms with van der Waals surface area (Å²) in [7, 11) is 1.66. The molecule has 1 rings (SSSR count). The van der Waals surface area contributed by atoms with Gasteiger partial charge in [-0.2, -0.15) is 0 Å². The molecule has 3 nitrogen and oxygen atoms in total. The normalized spacial score (nSPS) is 10.8. The van der Waals surface area contributed by atoms with E-state index in [1.54, 1.807) is 7.11 Å². The Morgan fingerprint density at radius 1 is 1.38 bits per heavy atom. The molecule has 0 fully saturated rings. The average molecular weight is 222 g/mol. The lowest BCUT2D eigenvalue weighted by Gasteiger charge is -2.10. The van der Waals surface area contributed by atoms with Gasteiger partial charge in [-0.25, -0.2) is 4.98 Å². The predicted octanol–water partition coefficient (Wildman–Crippen LogP) is 2.54. The molecule has 1 aromatic rings. The molecule has 0 saturated heterocycles. The molecule has 0 aliphatic rings. The maximum atomic E-state index is 5.21. The highest BCUT2D eigenvalue weighted by atomic mass is 16.5. The number of methoxy groups -OCH3 is 1. The Morgan fingerprint density at radius 3 is 2.69 bits per heavy atom. The highest BCUT2D eigenvalue weighted by Gasteiger charge is 2.03. The fraction of sp³-hybridized carbons (Fsp3) is 0.615. The van der Waals surface area contributed by atoms with E-state index in [1.165, 1.54) is 5.56 Å². The van der Waals surface area contributed by atoms with E-state index in [-0.39, 0.29) is 0 Å². The zero-order valence-corrected chi connectivity index (χ0v) is 10.7. The highest BCUT2D eigenvalue weighted by Crippen LogP contribution is 2.13. The van der Waals surface area contributed by atoms with Crippen LogP contribution in [0.5, 0.6) is 5.88 Å². The van der Waals surface area contributed by atoms with Gasteiger partial charge >= 0.3 is 0 Å². The average Bonchev–Trinajstić information content (AvgIpc) is 2.26. The van der Waals surface area contributed by atoms with Crippen LogP contribution in [0.25, 0.3) is 0 Å². The summed E-state index contributed by atoms with van der Waals surface area (Å²) in [6.45, 7) is 7.32. The topological polar surface area (TPSA) is 34.1 Å². The summed E-state index contributed by atoms with van der Waals surface area (Å²) in [5, 5.41) is 3.40. The van der Waals surface area contributed by atoms with Crippen molar-refractivity contribution >= 4 is 0 Å². The third-order valence-corrected chi connectivity index (χ3v) is 2.34. The molecule has 0 saturated carbocycles. The lowest BCUT2D eigenvalue weighted by Crippen LogP contribution is -2.22. The maximum Gasteiger partial charge on any atom is 0.213 e. The van der Waals surface area contributed by atoms with Gasteiger partial charge in [-0.1, -0.05) is 27.2 Å². The van der Waals surface area contributed by atoms with Crippen molar-refractivity contribution in [2.24, 2.45) is 0 Å². The minimum absolute atomic E-state index is 0.494. The molecule has 0 spiro atoms. The Morgan fingerprint density at radius 2 is 2.12 bits per heavy atom. The Balaban J connectivity index is 2.77. The van der Waals surface area contributed by atoms with Gasteiger partial charge in [-0.05, 0) is 18.1 Å². The van der Waals surface area contributed by atoms with Crippen LogP contribution in [-0.4, -0.2) is 18.1 Å². The van der Waals surface area contributed by atoms with Crippen LogP contribution in [0, 0.1) is 0 Å². The zero-order valence-electron chi connectivity index (χ0n) is 10.7. The first kappa shape index (κ1) is 13.0. The highest BCUT2D eigenvalue weighted by molar-refractivity contribution is 5.25. The van der Waals surface area contributed by atoms with Crippen LogP contribution in [0.2, 0.25) is 0 Å². The fourth-order valence-corrected chi connectivity index (χ4v) is 1.53. The van der Waals surface area contributed by atoms with Gasteiger partial charge in [0, 0.05) is 24.3 Å². The molecule has 0 amide bonds.